The highest BCUT2D eigenvalue weighted by atomic mass is 16.1. The smallest absolute Gasteiger partial charge is 0.151 e. The van der Waals surface area contributed by atoms with Gasteiger partial charge >= 0.3 is 0 Å². The highest BCUT2D eigenvalue weighted by Crippen LogP contribution is 2.19. The summed E-state index contributed by atoms with van der Waals surface area (Å²) in [6, 6.07) is 0. The van der Waals surface area contributed by atoms with Crippen LogP contribution >= 0.6 is 0 Å². The molecule has 0 amide bonds. The Labute approximate surface area is 84.3 Å². The summed E-state index contributed by atoms with van der Waals surface area (Å²) in [6.07, 6.45) is 4.00. The van der Waals surface area contributed by atoms with Crippen LogP contribution in [0.15, 0.2) is 6.20 Å². The minimum absolute atomic E-state index is 0.103. The largest absolute Gasteiger partial charge is 0.298 e. The third kappa shape index (κ3) is 2.65. The Balaban J connectivity index is 2.71. The normalized spacial score (nSPS) is 10.9. The topological polar surface area (TPSA) is 47.8 Å². The van der Waals surface area contributed by atoms with Crippen molar-refractivity contribution in [3.05, 3.63) is 11.9 Å². The number of aromatic nitrogens is 3. The van der Waals surface area contributed by atoms with Crippen molar-refractivity contribution in [2.45, 2.75) is 46.1 Å². The Kier molecular flexibility index (Phi) is 3.80. The average molecular weight is 195 g/mol. The predicted octanol–water partition coefficient (Wildman–Crippen LogP) is 1.77. The third-order valence-electron chi connectivity index (χ3n) is 2.34. The maximum Gasteiger partial charge on any atom is 0.151 e. The van der Waals surface area contributed by atoms with Crippen LogP contribution in [0.2, 0.25) is 0 Å². The van der Waals surface area contributed by atoms with E-state index >= 15 is 0 Å². The molecule has 1 rings (SSSR count). The van der Waals surface area contributed by atoms with E-state index < -0.39 is 0 Å². The second-order valence-corrected chi connectivity index (χ2v) is 3.56. The van der Waals surface area contributed by atoms with Crippen LogP contribution < -0.4 is 0 Å². The van der Waals surface area contributed by atoms with Crippen molar-refractivity contribution >= 4 is 5.78 Å². The first-order chi connectivity index (χ1) is 6.67. The van der Waals surface area contributed by atoms with Crippen LogP contribution in [0, 0.1) is 0 Å². The van der Waals surface area contributed by atoms with Crippen LogP contribution in [0.3, 0.4) is 0 Å². The van der Waals surface area contributed by atoms with E-state index in [4.69, 9.17) is 0 Å². The Bertz CT molecular complexity index is 302. The van der Waals surface area contributed by atoms with Crippen molar-refractivity contribution in [2.24, 2.45) is 0 Å². The van der Waals surface area contributed by atoms with Crippen molar-refractivity contribution in [3.8, 4) is 0 Å². The van der Waals surface area contributed by atoms with E-state index in [-0.39, 0.29) is 5.78 Å². The molecule has 0 radical (unpaired) electrons. The molecule has 0 saturated carbocycles. The fourth-order valence-corrected chi connectivity index (χ4v) is 1.51. The summed E-state index contributed by atoms with van der Waals surface area (Å²) in [5, 5.41) is 7.99. The molecule has 0 aliphatic carbocycles. The number of rotatable bonds is 5. The second kappa shape index (κ2) is 4.88. The van der Waals surface area contributed by atoms with Gasteiger partial charge in [0, 0.05) is 12.1 Å². The summed E-state index contributed by atoms with van der Waals surface area (Å²) in [6.45, 7) is 6.15. The first kappa shape index (κ1) is 10.9. The third-order valence-corrected chi connectivity index (χ3v) is 2.34. The minimum Gasteiger partial charge on any atom is -0.298 e. The molecule has 78 valence electrons. The zero-order valence-corrected chi connectivity index (χ0v) is 9.03. The number of carbonyl (C=O) groups excluding carboxylic acids is 1. The number of hydrogen-bond acceptors (Lipinski definition) is 3. The molecule has 0 atom stereocenters. The van der Waals surface area contributed by atoms with Gasteiger partial charge in [-0.3, -0.25) is 4.79 Å². The molecule has 0 saturated heterocycles. The van der Waals surface area contributed by atoms with Crippen LogP contribution in [0.4, 0.5) is 0 Å². The molecule has 0 bridgehead atoms. The van der Waals surface area contributed by atoms with Crippen molar-refractivity contribution in [1.82, 2.24) is 15.0 Å². The molecule has 14 heavy (non-hydrogen) atoms. The van der Waals surface area contributed by atoms with E-state index in [1.807, 2.05) is 6.20 Å². The van der Waals surface area contributed by atoms with Crippen molar-refractivity contribution < 1.29 is 4.79 Å². The summed E-state index contributed by atoms with van der Waals surface area (Å²) in [4.78, 5) is 10.8. The fourth-order valence-electron chi connectivity index (χ4n) is 1.51. The van der Waals surface area contributed by atoms with Gasteiger partial charge in [0.25, 0.3) is 0 Å². The summed E-state index contributed by atoms with van der Waals surface area (Å²) >= 11 is 0. The van der Waals surface area contributed by atoms with Crippen LogP contribution in [0.25, 0.3) is 0 Å². The molecule has 4 heteroatoms. The van der Waals surface area contributed by atoms with Gasteiger partial charge in [-0.05, 0) is 19.8 Å². The summed E-state index contributed by atoms with van der Waals surface area (Å²) in [7, 11) is 0. The van der Waals surface area contributed by atoms with Gasteiger partial charge in [0.15, 0.2) is 5.78 Å². The van der Waals surface area contributed by atoms with E-state index in [0.29, 0.717) is 12.5 Å². The minimum atomic E-state index is 0.103. The summed E-state index contributed by atoms with van der Waals surface area (Å²) in [5.74, 6) is 0.571. The van der Waals surface area contributed by atoms with Crippen LogP contribution in [-0.4, -0.2) is 20.8 Å². The molecule has 0 unspecified atom stereocenters. The fraction of sp³-hybridized carbons (Fsp3) is 0.700. The number of nitrogens with zero attached hydrogens (tertiary/aromatic N) is 3. The molecule has 1 heterocycles. The van der Waals surface area contributed by atoms with Gasteiger partial charge in [-0.1, -0.05) is 19.1 Å². The molecule has 0 fully saturated rings. The van der Waals surface area contributed by atoms with Gasteiger partial charge in [0.05, 0.1) is 5.69 Å². The maximum absolute atomic E-state index is 10.8. The number of hydrogen-bond donors (Lipinski definition) is 0. The lowest BCUT2D eigenvalue weighted by Gasteiger charge is -2.06. The molecule has 0 aliphatic heterocycles. The highest BCUT2D eigenvalue weighted by Gasteiger charge is 2.11. The van der Waals surface area contributed by atoms with E-state index in [1.54, 1.807) is 11.6 Å². The summed E-state index contributed by atoms with van der Waals surface area (Å²) in [5.41, 5.74) is 0.997. The van der Waals surface area contributed by atoms with Crippen LogP contribution in [-0.2, 0) is 11.3 Å². The lowest BCUT2D eigenvalue weighted by Crippen LogP contribution is -2.06. The Morgan fingerprint density at radius 1 is 1.50 bits per heavy atom. The quantitative estimate of drug-likeness (QED) is 0.719. The molecule has 1 aromatic rings. The maximum atomic E-state index is 10.8. The Morgan fingerprint density at radius 3 is 2.64 bits per heavy atom. The van der Waals surface area contributed by atoms with Gasteiger partial charge in [0.1, 0.15) is 6.54 Å². The van der Waals surface area contributed by atoms with Gasteiger partial charge in [0.2, 0.25) is 0 Å². The van der Waals surface area contributed by atoms with Gasteiger partial charge in [-0.15, -0.1) is 5.10 Å². The van der Waals surface area contributed by atoms with Gasteiger partial charge in [-0.25, -0.2) is 4.68 Å². The molecular weight excluding hydrogens is 178 g/mol. The average Bonchev–Trinajstić information content (AvgIpc) is 2.54. The molecule has 0 aromatic carbocycles. The molecule has 4 nitrogen and oxygen atoms in total. The molecule has 0 spiro atoms. The lowest BCUT2D eigenvalue weighted by molar-refractivity contribution is -0.117. The van der Waals surface area contributed by atoms with Crippen molar-refractivity contribution in [1.29, 1.82) is 0 Å². The Morgan fingerprint density at radius 2 is 2.14 bits per heavy atom. The van der Waals surface area contributed by atoms with E-state index in [1.165, 1.54) is 0 Å². The SMILES string of the molecule is CCC(CC)c1cn(CC(C)=O)nn1. The van der Waals surface area contributed by atoms with E-state index in [9.17, 15) is 4.79 Å². The zero-order valence-electron chi connectivity index (χ0n) is 9.03. The van der Waals surface area contributed by atoms with Crippen molar-refractivity contribution in [2.75, 3.05) is 0 Å². The first-order valence-corrected chi connectivity index (χ1v) is 5.06. The lowest BCUT2D eigenvalue weighted by atomic mass is 10.0. The monoisotopic (exact) mass is 195 g/mol. The zero-order chi connectivity index (χ0) is 10.6. The molecular formula is C10H17N3O. The van der Waals surface area contributed by atoms with Crippen molar-refractivity contribution in [3.63, 3.8) is 0 Å². The van der Waals surface area contributed by atoms with Gasteiger partial charge < -0.3 is 0 Å². The first-order valence-electron chi connectivity index (χ1n) is 5.06. The second-order valence-electron chi connectivity index (χ2n) is 3.56. The molecule has 1 aromatic heterocycles. The summed E-state index contributed by atoms with van der Waals surface area (Å²) < 4.78 is 1.61. The van der Waals surface area contributed by atoms with Crippen LogP contribution in [0.5, 0.6) is 0 Å². The van der Waals surface area contributed by atoms with Gasteiger partial charge in [-0.2, -0.15) is 0 Å². The molecule has 0 N–H and O–H groups in total. The Hall–Kier alpha value is -1.19. The predicted molar refractivity (Wildman–Crippen MR) is 54.0 cm³/mol. The standard InChI is InChI=1S/C10H17N3O/c1-4-9(5-2)10-7-13(12-11-10)6-8(3)14/h7,9H,4-6H2,1-3H3. The molecule has 0 aliphatic rings. The van der Waals surface area contributed by atoms with Crippen LogP contribution in [0.1, 0.15) is 45.2 Å². The van der Waals surface area contributed by atoms with E-state index in [0.717, 1.165) is 18.5 Å². The number of ketones is 1. The number of Topliss-reactive ketones (excluding diaryl/α,β-unsaturated/α-hetero) is 1. The number of carbonyl (C=O) groups is 1. The van der Waals surface area contributed by atoms with E-state index in [2.05, 4.69) is 24.2 Å². The highest BCUT2D eigenvalue weighted by molar-refractivity contribution is 5.75.